The Hall–Kier alpha value is -3.89. The minimum atomic E-state index is -3.69. The largest absolute Gasteiger partial charge is 0.484 e. The van der Waals surface area contributed by atoms with E-state index in [0.717, 1.165) is 16.1 Å². The summed E-state index contributed by atoms with van der Waals surface area (Å²) in [5.74, 6) is -0.155. The number of hydrazone groups is 1. The molecule has 38 heavy (non-hydrogen) atoms. The van der Waals surface area contributed by atoms with E-state index in [9.17, 15) is 18.0 Å². The van der Waals surface area contributed by atoms with E-state index in [1.165, 1.54) is 6.21 Å². The van der Waals surface area contributed by atoms with Gasteiger partial charge < -0.3 is 10.1 Å². The van der Waals surface area contributed by atoms with E-state index in [1.807, 2.05) is 26.0 Å². The number of rotatable bonds is 11. The van der Waals surface area contributed by atoms with E-state index in [4.69, 9.17) is 16.3 Å². The van der Waals surface area contributed by atoms with Crippen LogP contribution < -0.4 is 19.8 Å². The van der Waals surface area contributed by atoms with Gasteiger partial charge in [-0.25, -0.2) is 13.8 Å². The number of sulfonamides is 1. The van der Waals surface area contributed by atoms with Crippen molar-refractivity contribution in [3.63, 3.8) is 0 Å². The molecular formula is C27H29ClN4O5S. The van der Waals surface area contributed by atoms with Crippen LogP contribution in [0, 0.1) is 0 Å². The van der Waals surface area contributed by atoms with Gasteiger partial charge in [0.2, 0.25) is 10.0 Å². The van der Waals surface area contributed by atoms with Crippen molar-refractivity contribution in [3.8, 4) is 5.75 Å². The molecule has 3 aromatic rings. The van der Waals surface area contributed by atoms with E-state index in [2.05, 4.69) is 15.8 Å². The second-order valence-corrected chi connectivity index (χ2v) is 11.1. The Kier molecular flexibility index (Phi) is 9.86. The Labute approximate surface area is 227 Å². The number of carbonyl (C=O) groups excluding carboxylic acids is 2. The van der Waals surface area contributed by atoms with Gasteiger partial charge in [-0.15, -0.1) is 0 Å². The van der Waals surface area contributed by atoms with Crippen LogP contribution in [0.1, 0.15) is 30.9 Å². The second-order valence-electron chi connectivity index (χ2n) is 8.73. The standard InChI is InChI=1S/C27H29ClN4O5S/c1-19(2)21-9-11-24(12-10-21)32(38(3,35)36)17-26(33)31-29-16-20-7-13-25(14-8-20)37-18-27(34)30-23-6-4-5-22(28)15-23/h4-16,19H,17-18H2,1-3H3,(H,30,34)(H,31,33)/b29-16-. The van der Waals surface area contributed by atoms with Crippen molar-refractivity contribution in [2.45, 2.75) is 19.8 Å². The first-order chi connectivity index (χ1) is 18.0. The number of hydrogen-bond acceptors (Lipinski definition) is 6. The first-order valence-corrected chi connectivity index (χ1v) is 13.9. The zero-order chi connectivity index (χ0) is 27.7. The van der Waals surface area contributed by atoms with Crippen molar-refractivity contribution < 1.29 is 22.7 Å². The molecule has 0 saturated heterocycles. The maximum atomic E-state index is 12.4. The summed E-state index contributed by atoms with van der Waals surface area (Å²) in [6, 6.07) is 20.5. The average molecular weight is 557 g/mol. The predicted octanol–water partition coefficient (Wildman–Crippen LogP) is 4.40. The number of carbonyl (C=O) groups is 2. The summed E-state index contributed by atoms with van der Waals surface area (Å²) in [5, 5.41) is 7.11. The zero-order valence-electron chi connectivity index (χ0n) is 21.2. The number of hydrogen-bond donors (Lipinski definition) is 2. The summed E-state index contributed by atoms with van der Waals surface area (Å²) in [4.78, 5) is 24.5. The monoisotopic (exact) mass is 556 g/mol. The molecule has 0 unspecified atom stereocenters. The predicted molar refractivity (Wildman–Crippen MR) is 150 cm³/mol. The highest BCUT2D eigenvalue weighted by atomic mass is 35.5. The highest BCUT2D eigenvalue weighted by Gasteiger charge is 2.20. The minimum Gasteiger partial charge on any atom is -0.484 e. The molecule has 200 valence electrons. The number of nitrogens with one attached hydrogen (secondary N) is 2. The van der Waals surface area contributed by atoms with Crippen LogP contribution in [-0.4, -0.2) is 45.9 Å². The maximum Gasteiger partial charge on any atom is 0.262 e. The van der Waals surface area contributed by atoms with Gasteiger partial charge >= 0.3 is 0 Å². The molecular weight excluding hydrogens is 528 g/mol. The molecule has 2 N–H and O–H groups in total. The average Bonchev–Trinajstić information content (AvgIpc) is 2.86. The van der Waals surface area contributed by atoms with Gasteiger partial charge in [0.1, 0.15) is 12.3 Å². The molecule has 0 atom stereocenters. The third-order valence-electron chi connectivity index (χ3n) is 5.30. The van der Waals surface area contributed by atoms with Crippen molar-refractivity contribution in [2.24, 2.45) is 5.10 Å². The SMILES string of the molecule is CC(C)c1ccc(N(CC(=O)N/N=C\c2ccc(OCC(=O)Nc3cccc(Cl)c3)cc2)S(C)(=O)=O)cc1. The molecule has 0 saturated carbocycles. The third-order valence-corrected chi connectivity index (χ3v) is 6.67. The van der Waals surface area contributed by atoms with Crippen molar-refractivity contribution in [3.05, 3.63) is 88.9 Å². The Bertz CT molecular complexity index is 1390. The van der Waals surface area contributed by atoms with Crippen LogP contribution in [0.25, 0.3) is 0 Å². The highest BCUT2D eigenvalue weighted by Crippen LogP contribution is 2.22. The first kappa shape index (κ1) is 28.7. The van der Waals surface area contributed by atoms with Crippen LogP contribution in [0.5, 0.6) is 5.75 Å². The molecule has 0 heterocycles. The Morgan fingerprint density at radius 2 is 1.71 bits per heavy atom. The van der Waals surface area contributed by atoms with E-state index in [0.29, 0.717) is 33.6 Å². The highest BCUT2D eigenvalue weighted by molar-refractivity contribution is 7.92. The molecule has 0 aromatic heterocycles. The number of anilines is 2. The van der Waals surface area contributed by atoms with Crippen LogP contribution in [0.15, 0.2) is 77.9 Å². The molecule has 0 spiro atoms. The van der Waals surface area contributed by atoms with Gasteiger partial charge in [0.05, 0.1) is 18.2 Å². The lowest BCUT2D eigenvalue weighted by Gasteiger charge is -2.21. The molecule has 3 rings (SSSR count). The van der Waals surface area contributed by atoms with Crippen LogP contribution in [0.3, 0.4) is 0 Å². The first-order valence-electron chi connectivity index (χ1n) is 11.7. The van der Waals surface area contributed by atoms with E-state index in [1.54, 1.807) is 60.7 Å². The van der Waals surface area contributed by atoms with Crippen molar-refractivity contribution in [1.29, 1.82) is 0 Å². The summed E-state index contributed by atoms with van der Waals surface area (Å²) < 4.78 is 31.1. The van der Waals surface area contributed by atoms with E-state index >= 15 is 0 Å². The molecule has 0 fully saturated rings. The fourth-order valence-electron chi connectivity index (χ4n) is 3.33. The molecule has 11 heteroatoms. The third kappa shape index (κ3) is 8.89. The molecule has 2 amide bonds. The fraction of sp³-hybridized carbons (Fsp3) is 0.222. The summed E-state index contributed by atoms with van der Waals surface area (Å²) >= 11 is 5.91. The van der Waals surface area contributed by atoms with Crippen LogP contribution in [0.2, 0.25) is 5.02 Å². The molecule has 3 aromatic carbocycles. The minimum absolute atomic E-state index is 0.187. The Morgan fingerprint density at radius 1 is 1.03 bits per heavy atom. The molecule has 0 aliphatic carbocycles. The van der Waals surface area contributed by atoms with Crippen molar-refractivity contribution in [2.75, 3.05) is 29.0 Å². The van der Waals surface area contributed by atoms with E-state index < -0.39 is 22.5 Å². The van der Waals surface area contributed by atoms with Gasteiger partial charge in [0.25, 0.3) is 11.8 Å². The Balaban J connectivity index is 1.50. The molecule has 9 nitrogen and oxygen atoms in total. The lowest BCUT2D eigenvalue weighted by Crippen LogP contribution is -2.39. The summed E-state index contributed by atoms with van der Waals surface area (Å²) in [6.45, 7) is 3.48. The van der Waals surface area contributed by atoms with Gasteiger partial charge in [-0.1, -0.05) is 43.6 Å². The van der Waals surface area contributed by atoms with E-state index in [-0.39, 0.29) is 12.5 Å². The van der Waals surface area contributed by atoms with Gasteiger partial charge in [-0.05, 0) is 71.6 Å². The number of halogens is 1. The van der Waals surface area contributed by atoms with Gasteiger partial charge in [0.15, 0.2) is 6.61 Å². The fourth-order valence-corrected chi connectivity index (χ4v) is 4.38. The topological polar surface area (TPSA) is 117 Å². The quantitative estimate of drug-likeness (QED) is 0.268. The lowest BCUT2D eigenvalue weighted by molar-refractivity contribution is -0.119. The van der Waals surface area contributed by atoms with Crippen LogP contribution in [0.4, 0.5) is 11.4 Å². The van der Waals surface area contributed by atoms with Gasteiger partial charge in [0, 0.05) is 10.7 Å². The second kappa shape index (κ2) is 13.1. The lowest BCUT2D eigenvalue weighted by atomic mass is 10.0. The normalized spacial score (nSPS) is 11.4. The number of nitrogens with zero attached hydrogens (tertiary/aromatic N) is 2. The molecule has 0 aliphatic rings. The van der Waals surface area contributed by atoms with Crippen molar-refractivity contribution in [1.82, 2.24) is 5.43 Å². The van der Waals surface area contributed by atoms with Crippen LogP contribution in [-0.2, 0) is 19.6 Å². The summed E-state index contributed by atoms with van der Waals surface area (Å²) in [7, 11) is -3.69. The summed E-state index contributed by atoms with van der Waals surface area (Å²) in [6.07, 6.45) is 2.46. The smallest absolute Gasteiger partial charge is 0.262 e. The number of benzene rings is 3. The number of ether oxygens (including phenoxy) is 1. The molecule has 0 radical (unpaired) electrons. The zero-order valence-corrected chi connectivity index (χ0v) is 22.8. The van der Waals surface area contributed by atoms with Crippen molar-refractivity contribution >= 4 is 51.0 Å². The molecule has 0 aliphatic heterocycles. The van der Waals surface area contributed by atoms with Gasteiger partial charge in [-0.2, -0.15) is 5.10 Å². The summed E-state index contributed by atoms with van der Waals surface area (Å²) in [5.41, 5.74) is 5.04. The van der Waals surface area contributed by atoms with Crippen LogP contribution >= 0.6 is 11.6 Å². The molecule has 0 bridgehead atoms. The Morgan fingerprint density at radius 3 is 2.32 bits per heavy atom. The van der Waals surface area contributed by atoms with Gasteiger partial charge in [-0.3, -0.25) is 13.9 Å². The maximum absolute atomic E-state index is 12.4. The number of amides is 2.